The summed E-state index contributed by atoms with van der Waals surface area (Å²) in [6, 6.07) is 8.00. The maximum absolute atomic E-state index is 11.5. The van der Waals surface area contributed by atoms with Crippen molar-refractivity contribution >= 4 is 5.78 Å². The quantitative estimate of drug-likeness (QED) is 0.771. The lowest BCUT2D eigenvalue weighted by atomic mass is 10.0. The van der Waals surface area contributed by atoms with Gasteiger partial charge < -0.3 is 5.73 Å². The van der Waals surface area contributed by atoms with Crippen molar-refractivity contribution in [2.24, 2.45) is 5.73 Å². The Morgan fingerprint density at radius 2 is 2.07 bits per heavy atom. The Morgan fingerprint density at radius 1 is 1.36 bits per heavy atom. The van der Waals surface area contributed by atoms with Crippen molar-refractivity contribution < 1.29 is 4.79 Å². The van der Waals surface area contributed by atoms with Crippen LogP contribution in [0.3, 0.4) is 0 Å². The summed E-state index contributed by atoms with van der Waals surface area (Å²) in [6.07, 6.45) is 1.95. The molecule has 2 nitrogen and oxygen atoms in total. The van der Waals surface area contributed by atoms with Gasteiger partial charge >= 0.3 is 0 Å². The van der Waals surface area contributed by atoms with E-state index in [1.54, 1.807) is 0 Å². The van der Waals surface area contributed by atoms with Gasteiger partial charge in [0.2, 0.25) is 0 Å². The molecule has 1 aromatic carbocycles. The second-order valence-corrected chi connectivity index (χ2v) is 3.53. The molecule has 1 aromatic rings. The highest BCUT2D eigenvalue weighted by molar-refractivity contribution is 5.81. The zero-order valence-electron chi connectivity index (χ0n) is 8.62. The van der Waals surface area contributed by atoms with Gasteiger partial charge in [-0.05, 0) is 31.0 Å². The van der Waals surface area contributed by atoms with E-state index in [0.29, 0.717) is 19.4 Å². The van der Waals surface area contributed by atoms with E-state index >= 15 is 0 Å². The highest BCUT2D eigenvalue weighted by atomic mass is 16.1. The molecule has 0 unspecified atom stereocenters. The van der Waals surface area contributed by atoms with Gasteiger partial charge in [-0.2, -0.15) is 0 Å². The molecular formula is C12H17NO. The largest absolute Gasteiger partial charge is 0.330 e. The van der Waals surface area contributed by atoms with Crippen molar-refractivity contribution in [3.63, 3.8) is 0 Å². The van der Waals surface area contributed by atoms with E-state index in [1.807, 2.05) is 31.2 Å². The van der Waals surface area contributed by atoms with Crippen LogP contribution in [0.25, 0.3) is 0 Å². The van der Waals surface area contributed by atoms with E-state index in [9.17, 15) is 4.79 Å². The third-order valence-corrected chi connectivity index (χ3v) is 2.31. The fourth-order valence-electron chi connectivity index (χ4n) is 1.41. The average molecular weight is 191 g/mol. The Balaban J connectivity index is 2.52. The van der Waals surface area contributed by atoms with E-state index in [0.717, 1.165) is 12.0 Å². The number of carbonyl (C=O) groups is 1. The van der Waals surface area contributed by atoms with E-state index < -0.39 is 0 Å². The molecule has 0 spiro atoms. The number of hydrogen-bond donors (Lipinski definition) is 1. The minimum absolute atomic E-state index is 0.282. The number of nitrogens with two attached hydrogens (primary N) is 1. The molecule has 0 aliphatic rings. The summed E-state index contributed by atoms with van der Waals surface area (Å²) in [5.41, 5.74) is 7.67. The molecule has 0 saturated heterocycles. The Hall–Kier alpha value is -1.15. The van der Waals surface area contributed by atoms with Crippen LogP contribution in [0.2, 0.25) is 0 Å². The highest BCUT2D eigenvalue weighted by Gasteiger charge is 2.04. The fourth-order valence-corrected chi connectivity index (χ4v) is 1.41. The lowest BCUT2D eigenvalue weighted by Gasteiger charge is -2.03. The molecule has 0 radical (unpaired) electrons. The summed E-state index contributed by atoms with van der Waals surface area (Å²) in [4.78, 5) is 11.5. The number of aryl methyl sites for hydroxylation is 1. The number of benzene rings is 1. The molecule has 0 aliphatic carbocycles. The summed E-state index contributed by atoms with van der Waals surface area (Å²) >= 11 is 0. The van der Waals surface area contributed by atoms with Gasteiger partial charge in [-0.1, -0.05) is 24.3 Å². The first kappa shape index (κ1) is 10.9. The molecule has 0 bridgehead atoms. The summed E-state index contributed by atoms with van der Waals surface area (Å²) < 4.78 is 0. The molecule has 0 aliphatic heterocycles. The van der Waals surface area contributed by atoms with Crippen molar-refractivity contribution in [3.05, 3.63) is 35.4 Å². The van der Waals surface area contributed by atoms with Crippen LogP contribution in [-0.4, -0.2) is 12.3 Å². The Kier molecular flexibility index (Phi) is 4.33. The molecular weight excluding hydrogens is 174 g/mol. The number of rotatable bonds is 5. The fraction of sp³-hybridized carbons (Fsp3) is 0.417. The van der Waals surface area contributed by atoms with Crippen LogP contribution in [0, 0.1) is 6.92 Å². The predicted molar refractivity (Wildman–Crippen MR) is 58.2 cm³/mol. The maximum atomic E-state index is 11.5. The van der Waals surface area contributed by atoms with Crippen LogP contribution in [0.15, 0.2) is 24.3 Å². The highest BCUT2D eigenvalue weighted by Crippen LogP contribution is 2.09. The second-order valence-electron chi connectivity index (χ2n) is 3.53. The monoisotopic (exact) mass is 191 g/mol. The van der Waals surface area contributed by atoms with Crippen LogP contribution >= 0.6 is 0 Å². The summed E-state index contributed by atoms with van der Waals surface area (Å²) in [6.45, 7) is 2.63. The molecule has 0 heterocycles. The minimum atomic E-state index is 0.282. The summed E-state index contributed by atoms with van der Waals surface area (Å²) in [7, 11) is 0. The van der Waals surface area contributed by atoms with E-state index in [2.05, 4.69) is 0 Å². The number of ketones is 1. The van der Waals surface area contributed by atoms with Crippen LogP contribution in [0.1, 0.15) is 24.0 Å². The summed E-state index contributed by atoms with van der Waals surface area (Å²) in [5.74, 6) is 0.282. The Morgan fingerprint density at radius 3 is 2.71 bits per heavy atom. The summed E-state index contributed by atoms with van der Waals surface area (Å²) in [5, 5.41) is 0. The number of carbonyl (C=O) groups excluding carboxylic acids is 1. The smallest absolute Gasteiger partial charge is 0.137 e. The van der Waals surface area contributed by atoms with Crippen molar-refractivity contribution in [2.45, 2.75) is 26.2 Å². The molecule has 0 atom stereocenters. The van der Waals surface area contributed by atoms with Crippen LogP contribution < -0.4 is 5.73 Å². The van der Waals surface area contributed by atoms with Crippen molar-refractivity contribution in [3.8, 4) is 0 Å². The topological polar surface area (TPSA) is 43.1 Å². The molecule has 2 heteroatoms. The SMILES string of the molecule is Cc1ccccc1CC(=O)CCCN. The standard InChI is InChI=1S/C12H17NO/c1-10-5-2-3-6-11(10)9-12(14)7-4-8-13/h2-3,5-6H,4,7-9,13H2,1H3. The molecule has 0 amide bonds. The maximum Gasteiger partial charge on any atom is 0.137 e. The second kappa shape index (κ2) is 5.55. The van der Waals surface area contributed by atoms with Gasteiger partial charge in [-0.15, -0.1) is 0 Å². The van der Waals surface area contributed by atoms with Crippen LogP contribution in [0.4, 0.5) is 0 Å². The van der Waals surface area contributed by atoms with Crippen LogP contribution in [0.5, 0.6) is 0 Å². The van der Waals surface area contributed by atoms with E-state index in [4.69, 9.17) is 5.73 Å². The average Bonchev–Trinajstić information content (AvgIpc) is 2.18. The van der Waals surface area contributed by atoms with Crippen molar-refractivity contribution in [1.82, 2.24) is 0 Å². The molecule has 0 aromatic heterocycles. The van der Waals surface area contributed by atoms with Crippen LogP contribution in [-0.2, 0) is 11.2 Å². The Labute approximate surface area is 85.1 Å². The Bertz CT molecular complexity index is 307. The number of hydrogen-bond acceptors (Lipinski definition) is 2. The van der Waals surface area contributed by atoms with E-state index in [1.165, 1.54) is 5.56 Å². The van der Waals surface area contributed by atoms with E-state index in [-0.39, 0.29) is 5.78 Å². The predicted octanol–water partition coefficient (Wildman–Crippen LogP) is 1.85. The van der Waals surface area contributed by atoms with Gasteiger partial charge in [0, 0.05) is 12.8 Å². The van der Waals surface area contributed by atoms with Crippen molar-refractivity contribution in [2.75, 3.05) is 6.54 Å². The van der Waals surface area contributed by atoms with Gasteiger partial charge in [-0.3, -0.25) is 4.79 Å². The molecule has 2 N–H and O–H groups in total. The van der Waals surface area contributed by atoms with Gasteiger partial charge in [0.25, 0.3) is 0 Å². The molecule has 14 heavy (non-hydrogen) atoms. The van der Waals surface area contributed by atoms with Crippen molar-refractivity contribution in [1.29, 1.82) is 0 Å². The lowest BCUT2D eigenvalue weighted by molar-refractivity contribution is -0.118. The third kappa shape index (κ3) is 3.30. The molecule has 76 valence electrons. The first-order valence-corrected chi connectivity index (χ1v) is 5.00. The first-order valence-electron chi connectivity index (χ1n) is 5.00. The molecule has 0 fully saturated rings. The number of Topliss-reactive ketones (excluding diaryl/α,β-unsaturated/α-hetero) is 1. The van der Waals surface area contributed by atoms with Gasteiger partial charge in [-0.25, -0.2) is 0 Å². The zero-order chi connectivity index (χ0) is 10.4. The molecule has 0 saturated carbocycles. The lowest BCUT2D eigenvalue weighted by Crippen LogP contribution is -2.07. The third-order valence-electron chi connectivity index (χ3n) is 2.31. The van der Waals surface area contributed by atoms with Gasteiger partial charge in [0.15, 0.2) is 0 Å². The van der Waals surface area contributed by atoms with Gasteiger partial charge in [0.1, 0.15) is 5.78 Å². The molecule has 1 rings (SSSR count). The zero-order valence-corrected chi connectivity index (χ0v) is 8.62. The van der Waals surface area contributed by atoms with Gasteiger partial charge in [0.05, 0.1) is 0 Å². The first-order chi connectivity index (χ1) is 6.74. The normalized spacial score (nSPS) is 10.1. The minimum Gasteiger partial charge on any atom is -0.330 e.